The molecule has 23 heavy (non-hydrogen) atoms. The summed E-state index contributed by atoms with van der Waals surface area (Å²) in [6, 6.07) is 16.0. The van der Waals surface area contributed by atoms with Crippen LogP contribution in [0, 0.1) is 0 Å². The fourth-order valence-electron chi connectivity index (χ4n) is 3.03. The largest absolute Gasteiger partial charge is 0.490 e. The van der Waals surface area contributed by atoms with Gasteiger partial charge in [-0.15, -0.1) is 0 Å². The summed E-state index contributed by atoms with van der Waals surface area (Å²) in [5.74, 6) is 0.431. The van der Waals surface area contributed by atoms with E-state index in [9.17, 15) is 4.79 Å². The van der Waals surface area contributed by atoms with Crippen molar-refractivity contribution in [3.05, 3.63) is 65.2 Å². The van der Waals surface area contributed by atoms with E-state index in [1.54, 1.807) is 6.07 Å². The van der Waals surface area contributed by atoms with Gasteiger partial charge in [0.15, 0.2) is 0 Å². The fourth-order valence-corrected chi connectivity index (χ4v) is 3.03. The summed E-state index contributed by atoms with van der Waals surface area (Å²) in [5, 5.41) is 3.59. The quantitative estimate of drug-likeness (QED) is 0.892. The maximum absolute atomic E-state index is 11.4. The lowest BCUT2D eigenvalue weighted by molar-refractivity contribution is 0.1000. The van der Waals surface area contributed by atoms with Gasteiger partial charge in [-0.1, -0.05) is 30.3 Å². The summed E-state index contributed by atoms with van der Waals surface area (Å²) in [6.07, 6.45) is 2.00. The Morgan fingerprint density at radius 1 is 1.26 bits per heavy atom. The molecule has 1 aliphatic heterocycles. The van der Waals surface area contributed by atoms with Gasteiger partial charge in [0.1, 0.15) is 5.75 Å². The van der Waals surface area contributed by atoms with E-state index < -0.39 is 5.91 Å². The van der Waals surface area contributed by atoms with Gasteiger partial charge in [-0.2, -0.15) is 0 Å². The third-order valence-corrected chi connectivity index (χ3v) is 4.21. The van der Waals surface area contributed by atoms with Crippen LogP contribution in [0.15, 0.2) is 48.5 Å². The molecule has 0 fully saturated rings. The number of carbonyl (C=O) groups is 1. The van der Waals surface area contributed by atoms with Crippen LogP contribution in [0.4, 0.5) is 0 Å². The molecule has 2 aromatic carbocycles. The normalized spacial score (nSPS) is 19.7. The SMILES string of the molecule is CC1C[C@@H](NCCc2ccccc2)c2cc(C(N)=O)ccc2O1. The van der Waals surface area contributed by atoms with Crippen molar-refractivity contribution in [2.24, 2.45) is 5.73 Å². The van der Waals surface area contributed by atoms with E-state index in [4.69, 9.17) is 10.5 Å². The van der Waals surface area contributed by atoms with E-state index in [-0.39, 0.29) is 12.1 Å². The molecule has 0 aliphatic carbocycles. The first-order chi connectivity index (χ1) is 11.1. The number of amides is 1. The fraction of sp³-hybridized carbons (Fsp3) is 0.316. The van der Waals surface area contributed by atoms with E-state index in [0.29, 0.717) is 5.56 Å². The standard InChI is InChI=1S/C19H22N2O2/c1-13-11-17(21-10-9-14-5-3-2-4-6-14)16-12-15(19(20)22)7-8-18(16)23-13/h2-8,12-13,17,21H,9-11H2,1H3,(H2,20,22)/t13?,17-/m1/s1. The first-order valence-electron chi connectivity index (χ1n) is 8.01. The minimum Gasteiger partial charge on any atom is -0.490 e. The highest BCUT2D eigenvalue weighted by Gasteiger charge is 2.26. The summed E-state index contributed by atoms with van der Waals surface area (Å²) >= 11 is 0. The number of hydrogen-bond donors (Lipinski definition) is 2. The summed E-state index contributed by atoms with van der Waals surface area (Å²) in [7, 11) is 0. The van der Waals surface area contributed by atoms with Crippen molar-refractivity contribution in [2.45, 2.75) is 31.9 Å². The number of rotatable bonds is 5. The second-order valence-electron chi connectivity index (χ2n) is 6.02. The van der Waals surface area contributed by atoms with Gasteiger partial charge in [0.05, 0.1) is 6.10 Å². The van der Waals surface area contributed by atoms with Crippen LogP contribution < -0.4 is 15.8 Å². The molecule has 0 aromatic heterocycles. The number of fused-ring (bicyclic) bond motifs is 1. The molecule has 1 amide bonds. The summed E-state index contributed by atoms with van der Waals surface area (Å²) < 4.78 is 5.87. The lowest BCUT2D eigenvalue weighted by atomic mass is 9.95. The molecule has 0 saturated heterocycles. The van der Waals surface area contributed by atoms with Crippen molar-refractivity contribution in [3.8, 4) is 5.75 Å². The molecule has 2 aromatic rings. The van der Waals surface area contributed by atoms with Crippen molar-refractivity contribution in [2.75, 3.05) is 6.54 Å². The maximum atomic E-state index is 11.4. The predicted molar refractivity (Wildman–Crippen MR) is 90.6 cm³/mol. The van der Waals surface area contributed by atoms with Crippen LogP contribution in [0.3, 0.4) is 0 Å². The molecule has 3 rings (SSSR count). The van der Waals surface area contributed by atoms with Crippen molar-refractivity contribution < 1.29 is 9.53 Å². The van der Waals surface area contributed by atoms with Gasteiger partial charge in [0.2, 0.25) is 5.91 Å². The predicted octanol–water partition coefficient (Wildman–Crippen LogP) is 2.83. The van der Waals surface area contributed by atoms with E-state index >= 15 is 0 Å². The molecule has 1 unspecified atom stereocenters. The zero-order chi connectivity index (χ0) is 16.2. The van der Waals surface area contributed by atoms with E-state index in [2.05, 4.69) is 36.5 Å². The van der Waals surface area contributed by atoms with Crippen LogP contribution in [-0.4, -0.2) is 18.6 Å². The Morgan fingerprint density at radius 2 is 2.04 bits per heavy atom. The van der Waals surface area contributed by atoms with Crippen molar-refractivity contribution in [1.29, 1.82) is 0 Å². The van der Waals surface area contributed by atoms with Gasteiger partial charge in [-0.05, 0) is 43.7 Å². The average molecular weight is 310 g/mol. The van der Waals surface area contributed by atoms with Gasteiger partial charge >= 0.3 is 0 Å². The van der Waals surface area contributed by atoms with E-state index in [0.717, 1.165) is 30.7 Å². The molecule has 0 saturated carbocycles. The zero-order valence-corrected chi connectivity index (χ0v) is 13.3. The van der Waals surface area contributed by atoms with Crippen LogP contribution in [-0.2, 0) is 6.42 Å². The van der Waals surface area contributed by atoms with Crippen LogP contribution in [0.25, 0.3) is 0 Å². The van der Waals surface area contributed by atoms with Crippen LogP contribution >= 0.6 is 0 Å². The van der Waals surface area contributed by atoms with Crippen molar-refractivity contribution in [3.63, 3.8) is 0 Å². The maximum Gasteiger partial charge on any atom is 0.248 e. The number of benzene rings is 2. The molecule has 120 valence electrons. The summed E-state index contributed by atoms with van der Waals surface area (Å²) in [5.41, 5.74) is 8.25. The summed E-state index contributed by atoms with van der Waals surface area (Å²) in [4.78, 5) is 11.4. The minimum atomic E-state index is -0.408. The van der Waals surface area contributed by atoms with Crippen molar-refractivity contribution >= 4 is 5.91 Å². The Hall–Kier alpha value is -2.33. The highest BCUT2D eigenvalue weighted by atomic mass is 16.5. The summed E-state index contributed by atoms with van der Waals surface area (Å²) in [6.45, 7) is 2.94. The van der Waals surface area contributed by atoms with Gasteiger partial charge in [0.25, 0.3) is 0 Å². The first kappa shape index (κ1) is 15.6. The molecule has 1 aliphatic rings. The topological polar surface area (TPSA) is 64.3 Å². The van der Waals surface area contributed by atoms with Crippen LogP contribution in [0.5, 0.6) is 5.75 Å². The monoisotopic (exact) mass is 310 g/mol. The molecule has 0 spiro atoms. The Kier molecular flexibility index (Phi) is 4.63. The second-order valence-corrected chi connectivity index (χ2v) is 6.02. The Balaban J connectivity index is 1.72. The Labute approximate surface area is 136 Å². The number of ether oxygens (including phenoxy) is 1. The molecular formula is C19H22N2O2. The van der Waals surface area contributed by atoms with Gasteiger partial charge in [0, 0.05) is 23.6 Å². The molecular weight excluding hydrogens is 288 g/mol. The van der Waals surface area contributed by atoms with Gasteiger partial charge in [-0.3, -0.25) is 4.79 Å². The zero-order valence-electron chi connectivity index (χ0n) is 13.3. The number of hydrogen-bond acceptors (Lipinski definition) is 3. The molecule has 3 N–H and O–H groups in total. The minimum absolute atomic E-state index is 0.149. The lowest BCUT2D eigenvalue weighted by Gasteiger charge is -2.31. The highest BCUT2D eigenvalue weighted by Crippen LogP contribution is 2.35. The number of carbonyl (C=O) groups excluding carboxylic acids is 1. The number of nitrogens with one attached hydrogen (secondary N) is 1. The molecule has 4 nitrogen and oxygen atoms in total. The lowest BCUT2D eigenvalue weighted by Crippen LogP contribution is -2.33. The number of nitrogens with two attached hydrogens (primary N) is 1. The van der Waals surface area contributed by atoms with Crippen molar-refractivity contribution in [1.82, 2.24) is 5.32 Å². The molecule has 2 atom stereocenters. The van der Waals surface area contributed by atoms with E-state index in [1.807, 2.05) is 18.2 Å². The molecule has 0 bridgehead atoms. The molecule has 1 heterocycles. The van der Waals surface area contributed by atoms with Gasteiger partial charge in [-0.25, -0.2) is 0 Å². The van der Waals surface area contributed by atoms with Gasteiger partial charge < -0.3 is 15.8 Å². The number of primary amides is 1. The third kappa shape index (κ3) is 3.71. The highest BCUT2D eigenvalue weighted by molar-refractivity contribution is 5.93. The second kappa shape index (κ2) is 6.84. The van der Waals surface area contributed by atoms with Crippen LogP contribution in [0.2, 0.25) is 0 Å². The first-order valence-corrected chi connectivity index (χ1v) is 8.01. The van der Waals surface area contributed by atoms with E-state index in [1.165, 1.54) is 5.56 Å². The molecule has 4 heteroatoms. The third-order valence-electron chi connectivity index (χ3n) is 4.21. The molecule has 0 radical (unpaired) electrons. The Bertz CT molecular complexity index is 685. The smallest absolute Gasteiger partial charge is 0.248 e. The average Bonchev–Trinajstić information content (AvgIpc) is 2.55. The van der Waals surface area contributed by atoms with Crippen LogP contribution in [0.1, 0.15) is 40.9 Å². The Morgan fingerprint density at radius 3 is 2.78 bits per heavy atom.